The molecule has 1 unspecified atom stereocenters. The van der Waals surface area contributed by atoms with Crippen LogP contribution in [0.3, 0.4) is 0 Å². The lowest BCUT2D eigenvalue weighted by molar-refractivity contribution is -0.141. The van der Waals surface area contributed by atoms with Gasteiger partial charge in [0.05, 0.1) is 12.7 Å². The van der Waals surface area contributed by atoms with Crippen molar-refractivity contribution < 1.29 is 17.9 Å². The number of rotatable bonds is 3. The lowest BCUT2D eigenvalue weighted by atomic mass is 10.2. The Morgan fingerprint density at radius 2 is 2.26 bits per heavy atom. The molecule has 2 rings (SSSR count). The normalized spacial score (nSPS) is 20.6. The zero-order valence-corrected chi connectivity index (χ0v) is 10.6. The smallest absolute Gasteiger partial charge is 0.373 e. The van der Waals surface area contributed by atoms with E-state index in [0.29, 0.717) is 32.1 Å². The van der Waals surface area contributed by atoms with Crippen LogP contribution >= 0.6 is 0 Å². The molecule has 1 aromatic rings. The second kappa shape index (κ2) is 5.75. The highest BCUT2D eigenvalue weighted by molar-refractivity contribution is 5.40. The fraction of sp³-hybridized carbons (Fsp3) is 0.583. The van der Waals surface area contributed by atoms with Crippen LogP contribution in [0.4, 0.5) is 19.0 Å². The minimum absolute atomic E-state index is 0.0323. The summed E-state index contributed by atoms with van der Waals surface area (Å²) in [6.07, 6.45) is -4.44. The lowest BCUT2D eigenvalue weighted by Crippen LogP contribution is -2.46. The fourth-order valence-corrected chi connectivity index (χ4v) is 2.04. The molecule has 1 aromatic heterocycles. The summed E-state index contributed by atoms with van der Waals surface area (Å²) < 4.78 is 43.4. The second-order valence-electron chi connectivity index (χ2n) is 4.38. The number of hydrogen-bond acceptors (Lipinski definition) is 4. The standard InChI is InChI=1S/C12H16F3N3O/c1-16-7-9-8-18(5-6-19-9)11-4-2-3-10(17-11)12(13,14)15/h2-4,9,16H,5-8H2,1H3. The summed E-state index contributed by atoms with van der Waals surface area (Å²) in [7, 11) is 1.81. The number of nitrogens with zero attached hydrogens (tertiary/aromatic N) is 2. The van der Waals surface area contributed by atoms with E-state index in [1.54, 1.807) is 6.07 Å². The summed E-state index contributed by atoms with van der Waals surface area (Å²) in [4.78, 5) is 5.51. The molecule has 106 valence electrons. The molecule has 0 aliphatic carbocycles. The van der Waals surface area contributed by atoms with Crippen molar-refractivity contribution in [2.45, 2.75) is 12.3 Å². The predicted octanol–water partition coefficient (Wildman–Crippen LogP) is 1.52. The van der Waals surface area contributed by atoms with Gasteiger partial charge in [-0.2, -0.15) is 13.2 Å². The maximum Gasteiger partial charge on any atom is 0.433 e. The van der Waals surface area contributed by atoms with Crippen LogP contribution in [0, 0.1) is 0 Å². The van der Waals surface area contributed by atoms with Gasteiger partial charge in [-0.25, -0.2) is 4.98 Å². The molecule has 0 bridgehead atoms. The molecule has 0 amide bonds. The summed E-state index contributed by atoms with van der Waals surface area (Å²) in [5.41, 5.74) is -0.860. The molecule has 1 fully saturated rings. The van der Waals surface area contributed by atoms with Gasteiger partial charge in [-0.15, -0.1) is 0 Å². The predicted molar refractivity (Wildman–Crippen MR) is 65.1 cm³/mol. The molecule has 7 heteroatoms. The highest BCUT2D eigenvalue weighted by atomic mass is 19.4. The SMILES string of the molecule is CNCC1CN(c2cccc(C(F)(F)F)n2)CCO1. The van der Waals surface area contributed by atoms with Crippen LogP contribution in [0.2, 0.25) is 0 Å². The average Bonchev–Trinajstić information content (AvgIpc) is 2.39. The third-order valence-corrected chi connectivity index (χ3v) is 2.92. The number of halogens is 3. The van der Waals surface area contributed by atoms with Gasteiger partial charge in [-0.05, 0) is 19.2 Å². The number of hydrogen-bond donors (Lipinski definition) is 1. The number of aromatic nitrogens is 1. The van der Waals surface area contributed by atoms with Crippen molar-refractivity contribution in [3.63, 3.8) is 0 Å². The van der Waals surface area contributed by atoms with E-state index >= 15 is 0 Å². The molecule has 1 atom stereocenters. The Kier molecular flexibility index (Phi) is 4.26. The van der Waals surface area contributed by atoms with Gasteiger partial charge in [0.15, 0.2) is 0 Å². The van der Waals surface area contributed by atoms with Crippen LogP contribution in [0.15, 0.2) is 18.2 Å². The Morgan fingerprint density at radius 1 is 1.47 bits per heavy atom. The lowest BCUT2D eigenvalue weighted by Gasteiger charge is -2.33. The number of anilines is 1. The van der Waals surface area contributed by atoms with Gasteiger partial charge < -0.3 is 15.0 Å². The van der Waals surface area contributed by atoms with E-state index in [4.69, 9.17) is 4.74 Å². The fourth-order valence-electron chi connectivity index (χ4n) is 2.04. The van der Waals surface area contributed by atoms with E-state index in [-0.39, 0.29) is 6.10 Å². The van der Waals surface area contributed by atoms with E-state index in [0.717, 1.165) is 6.07 Å². The summed E-state index contributed by atoms with van der Waals surface area (Å²) >= 11 is 0. The van der Waals surface area contributed by atoms with Crippen LogP contribution in [-0.2, 0) is 10.9 Å². The highest BCUT2D eigenvalue weighted by Crippen LogP contribution is 2.29. The first-order valence-electron chi connectivity index (χ1n) is 6.06. The van der Waals surface area contributed by atoms with Crippen molar-refractivity contribution in [3.05, 3.63) is 23.9 Å². The number of likely N-dealkylation sites (N-methyl/N-ethyl adjacent to an activating group) is 1. The van der Waals surface area contributed by atoms with Crippen molar-refractivity contribution in [1.29, 1.82) is 0 Å². The van der Waals surface area contributed by atoms with Crippen molar-refractivity contribution in [3.8, 4) is 0 Å². The molecule has 0 radical (unpaired) electrons. The van der Waals surface area contributed by atoms with E-state index in [1.165, 1.54) is 6.07 Å². The summed E-state index contributed by atoms with van der Waals surface area (Å²) in [5, 5.41) is 2.99. The molecule has 1 aliphatic rings. The quantitative estimate of drug-likeness (QED) is 0.907. The molecule has 0 aromatic carbocycles. The Balaban J connectivity index is 2.13. The van der Waals surface area contributed by atoms with Gasteiger partial charge in [-0.1, -0.05) is 6.07 Å². The van der Waals surface area contributed by atoms with E-state index in [2.05, 4.69) is 10.3 Å². The van der Waals surface area contributed by atoms with E-state index < -0.39 is 11.9 Å². The number of pyridine rings is 1. The molecule has 0 spiro atoms. The molecule has 1 aliphatic heterocycles. The number of alkyl halides is 3. The number of ether oxygens (including phenoxy) is 1. The molecule has 4 nitrogen and oxygen atoms in total. The van der Waals surface area contributed by atoms with Crippen molar-refractivity contribution in [2.75, 3.05) is 38.2 Å². The zero-order chi connectivity index (χ0) is 13.9. The molecule has 1 N–H and O–H groups in total. The first-order chi connectivity index (χ1) is 9.00. The van der Waals surface area contributed by atoms with E-state index in [9.17, 15) is 13.2 Å². The number of morpholine rings is 1. The Bertz CT molecular complexity index is 423. The molecule has 1 saturated heterocycles. The van der Waals surface area contributed by atoms with Crippen LogP contribution < -0.4 is 10.2 Å². The largest absolute Gasteiger partial charge is 0.433 e. The molecular formula is C12H16F3N3O. The Hall–Kier alpha value is -1.34. The third kappa shape index (κ3) is 3.57. The van der Waals surface area contributed by atoms with Crippen molar-refractivity contribution >= 4 is 5.82 Å². The second-order valence-corrected chi connectivity index (χ2v) is 4.38. The first kappa shape index (κ1) is 14.1. The van der Waals surface area contributed by atoms with Gasteiger partial charge in [-0.3, -0.25) is 0 Å². The summed E-state index contributed by atoms with van der Waals surface area (Å²) in [6, 6.07) is 3.96. The van der Waals surface area contributed by atoms with Crippen molar-refractivity contribution in [1.82, 2.24) is 10.3 Å². The zero-order valence-electron chi connectivity index (χ0n) is 10.6. The first-order valence-corrected chi connectivity index (χ1v) is 6.06. The van der Waals surface area contributed by atoms with Gasteiger partial charge in [0.25, 0.3) is 0 Å². The maximum absolute atomic E-state index is 12.6. The molecule has 0 saturated carbocycles. The average molecular weight is 275 g/mol. The van der Waals surface area contributed by atoms with E-state index in [1.807, 2.05) is 11.9 Å². The van der Waals surface area contributed by atoms with Gasteiger partial charge in [0, 0.05) is 19.6 Å². The van der Waals surface area contributed by atoms with Crippen LogP contribution in [0.25, 0.3) is 0 Å². The minimum Gasteiger partial charge on any atom is -0.373 e. The third-order valence-electron chi connectivity index (χ3n) is 2.92. The van der Waals surface area contributed by atoms with Gasteiger partial charge >= 0.3 is 6.18 Å². The van der Waals surface area contributed by atoms with Crippen LogP contribution in [0.5, 0.6) is 0 Å². The summed E-state index contributed by atoms with van der Waals surface area (Å²) in [6.45, 7) is 2.24. The van der Waals surface area contributed by atoms with Crippen LogP contribution in [0.1, 0.15) is 5.69 Å². The summed E-state index contributed by atoms with van der Waals surface area (Å²) in [5.74, 6) is 0.347. The van der Waals surface area contributed by atoms with Crippen LogP contribution in [-0.4, -0.2) is 44.4 Å². The number of nitrogens with one attached hydrogen (secondary N) is 1. The topological polar surface area (TPSA) is 37.4 Å². The van der Waals surface area contributed by atoms with Gasteiger partial charge in [0.1, 0.15) is 11.5 Å². The highest BCUT2D eigenvalue weighted by Gasteiger charge is 2.33. The van der Waals surface area contributed by atoms with Crippen molar-refractivity contribution in [2.24, 2.45) is 0 Å². The van der Waals surface area contributed by atoms with Gasteiger partial charge in [0.2, 0.25) is 0 Å². The Labute approximate surface area is 109 Å². The Morgan fingerprint density at radius 3 is 2.95 bits per heavy atom. The maximum atomic E-state index is 12.6. The minimum atomic E-state index is -4.41. The molecule has 19 heavy (non-hydrogen) atoms. The molecular weight excluding hydrogens is 259 g/mol. The molecule has 2 heterocycles. The monoisotopic (exact) mass is 275 g/mol.